The fourth-order valence-corrected chi connectivity index (χ4v) is 1.26. The number of carbonyl (C=O) groups is 2. The fourth-order valence-electron chi connectivity index (χ4n) is 1.26. The summed E-state index contributed by atoms with van der Waals surface area (Å²) in [6.45, 7) is 3.27. The predicted molar refractivity (Wildman–Crippen MR) is 60.9 cm³/mol. The number of aromatic nitrogens is 1. The number of nitrogens with one attached hydrogen (secondary N) is 2. The molecule has 2 amide bonds. The molecular weight excluding hydrogens is 224 g/mol. The fraction of sp³-hybridized carbons (Fsp3) is 0.364. The molecule has 0 unspecified atom stereocenters. The summed E-state index contributed by atoms with van der Waals surface area (Å²) in [6.07, 6.45) is 0. The minimum Gasteiger partial charge on any atom is -0.375 e. The van der Waals surface area contributed by atoms with Crippen molar-refractivity contribution < 1.29 is 14.3 Å². The summed E-state index contributed by atoms with van der Waals surface area (Å²) in [5.41, 5.74) is 0.858. The van der Waals surface area contributed by atoms with Crippen LogP contribution in [0.4, 0.5) is 0 Å². The van der Waals surface area contributed by atoms with Crippen molar-refractivity contribution in [3.05, 3.63) is 33.2 Å². The van der Waals surface area contributed by atoms with E-state index in [4.69, 9.17) is 0 Å². The molecule has 1 aromatic heterocycles. The van der Waals surface area contributed by atoms with Crippen molar-refractivity contribution in [2.45, 2.75) is 13.8 Å². The average molecular weight is 238 g/mol. The van der Waals surface area contributed by atoms with Gasteiger partial charge in [-0.3, -0.25) is 19.7 Å². The van der Waals surface area contributed by atoms with E-state index >= 15 is 0 Å². The first-order valence-electron chi connectivity index (χ1n) is 4.99. The molecule has 0 aliphatic carbocycles. The van der Waals surface area contributed by atoms with Gasteiger partial charge in [0.1, 0.15) is 12.2 Å². The van der Waals surface area contributed by atoms with Gasteiger partial charge in [-0.05, 0) is 25.5 Å². The molecule has 0 aliphatic rings. The Morgan fingerprint density at radius 2 is 2.06 bits per heavy atom. The highest BCUT2D eigenvalue weighted by atomic mass is 16.5. The van der Waals surface area contributed by atoms with Gasteiger partial charge in [0.2, 0.25) is 0 Å². The number of hydrogen-bond acceptors (Lipinski definition) is 4. The first-order chi connectivity index (χ1) is 7.95. The number of imide groups is 1. The monoisotopic (exact) mass is 238 g/mol. The number of aromatic amines is 1. The lowest BCUT2D eigenvalue weighted by Gasteiger charge is -2.05. The molecule has 0 aliphatic heterocycles. The number of aryl methyl sites for hydroxylation is 2. The Morgan fingerprint density at radius 3 is 2.65 bits per heavy atom. The van der Waals surface area contributed by atoms with E-state index in [0.717, 1.165) is 5.56 Å². The number of amides is 2. The van der Waals surface area contributed by atoms with Gasteiger partial charge in [-0.2, -0.15) is 0 Å². The normalized spacial score (nSPS) is 10.1. The average Bonchev–Trinajstić information content (AvgIpc) is 2.23. The van der Waals surface area contributed by atoms with E-state index in [-0.39, 0.29) is 12.2 Å². The second-order valence-corrected chi connectivity index (χ2v) is 3.63. The van der Waals surface area contributed by atoms with Crippen LogP contribution >= 0.6 is 0 Å². The van der Waals surface area contributed by atoms with Gasteiger partial charge in [0.05, 0.1) is 0 Å². The molecule has 0 spiro atoms. The number of ether oxygens (including phenoxy) is 1. The number of methoxy groups -OCH3 is 1. The summed E-state index contributed by atoms with van der Waals surface area (Å²) < 4.78 is 4.56. The summed E-state index contributed by atoms with van der Waals surface area (Å²) in [6, 6.07) is 1.45. The molecule has 0 saturated carbocycles. The standard InChI is InChI=1S/C11H14N2O4/c1-6-4-8(10(15)12-7(6)2)11(16)13-9(14)5-17-3/h4H,5H2,1-3H3,(H,12,15)(H,13,14,16). The summed E-state index contributed by atoms with van der Waals surface area (Å²) in [7, 11) is 1.34. The number of rotatable bonds is 3. The minimum absolute atomic E-state index is 0.0856. The zero-order valence-corrected chi connectivity index (χ0v) is 9.92. The van der Waals surface area contributed by atoms with Crippen LogP contribution in [0.2, 0.25) is 0 Å². The lowest BCUT2D eigenvalue weighted by molar-refractivity contribution is -0.123. The lowest BCUT2D eigenvalue weighted by Crippen LogP contribution is -2.36. The van der Waals surface area contributed by atoms with Crippen LogP contribution in [-0.2, 0) is 9.53 Å². The zero-order chi connectivity index (χ0) is 13.0. The third-order valence-electron chi connectivity index (χ3n) is 2.27. The van der Waals surface area contributed by atoms with Gasteiger partial charge < -0.3 is 9.72 Å². The maximum atomic E-state index is 11.6. The van der Waals surface area contributed by atoms with Crippen molar-refractivity contribution in [3.8, 4) is 0 Å². The minimum atomic E-state index is -0.726. The number of carbonyl (C=O) groups excluding carboxylic acids is 2. The SMILES string of the molecule is COCC(=O)NC(=O)c1cc(C)c(C)[nH]c1=O. The molecule has 1 rings (SSSR count). The maximum absolute atomic E-state index is 11.6. The van der Waals surface area contributed by atoms with E-state index in [9.17, 15) is 14.4 Å². The Kier molecular flexibility index (Phi) is 4.17. The highest BCUT2D eigenvalue weighted by molar-refractivity contribution is 6.04. The molecule has 6 nitrogen and oxygen atoms in total. The van der Waals surface area contributed by atoms with Gasteiger partial charge in [0, 0.05) is 12.8 Å². The molecule has 1 heterocycles. The van der Waals surface area contributed by atoms with Crippen LogP contribution in [0.15, 0.2) is 10.9 Å². The Bertz CT molecular complexity index is 505. The quantitative estimate of drug-likeness (QED) is 0.769. The Hall–Kier alpha value is -1.95. The highest BCUT2D eigenvalue weighted by Crippen LogP contribution is 2.02. The first kappa shape index (κ1) is 13.1. The molecule has 6 heteroatoms. The first-order valence-corrected chi connectivity index (χ1v) is 4.99. The van der Waals surface area contributed by atoms with Gasteiger partial charge in [-0.15, -0.1) is 0 Å². The van der Waals surface area contributed by atoms with Crippen molar-refractivity contribution in [3.63, 3.8) is 0 Å². The van der Waals surface area contributed by atoms with Gasteiger partial charge in [0.15, 0.2) is 0 Å². The van der Waals surface area contributed by atoms with E-state index < -0.39 is 17.4 Å². The van der Waals surface area contributed by atoms with Gasteiger partial charge >= 0.3 is 0 Å². The third kappa shape index (κ3) is 3.25. The number of hydrogen-bond donors (Lipinski definition) is 2. The van der Waals surface area contributed by atoms with E-state index in [1.807, 2.05) is 0 Å². The second-order valence-electron chi connectivity index (χ2n) is 3.63. The van der Waals surface area contributed by atoms with Crippen LogP contribution in [0.3, 0.4) is 0 Å². The van der Waals surface area contributed by atoms with E-state index in [0.29, 0.717) is 5.69 Å². The van der Waals surface area contributed by atoms with E-state index in [1.54, 1.807) is 13.8 Å². The molecule has 0 saturated heterocycles. The van der Waals surface area contributed by atoms with Crippen LogP contribution < -0.4 is 10.9 Å². The molecule has 0 fully saturated rings. The lowest BCUT2D eigenvalue weighted by atomic mass is 10.1. The Morgan fingerprint density at radius 1 is 1.41 bits per heavy atom. The smallest absolute Gasteiger partial charge is 0.263 e. The topological polar surface area (TPSA) is 88.3 Å². The van der Waals surface area contributed by atoms with Crippen LogP contribution in [0.1, 0.15) is 21.6 Å². The highest BCUT2D eigenvalue weighted by Gasteiger charge is 2.14. The predicted octanol–water partition coefficient (Wildman–Crippen LogP) is -0.105. The van der Waals surface area contributed by atoms with Gasteiger partial charge in [-0.25, -0.2) is 0 Å². The van der Waals surface area contributed by atoms with Crippen LogP contribution in [0.5, 0.6) is 0 Å². The third-order valence-corrected chi connectivity index (χ3v) is 2.27. The second kappa shape index (κ2) is 5.40. The number of pyridine rings is 1. The van der Waals surface area contributed by atoms with E-state index in [1.165, 1.54) is 13.2 Å². The largest absolute Gasteiger partial charge is 0.375 e. The molecule has 2 N–H and O–H groups in total. The van der Waals surface area contributed by atoms with Gasteiger partial charge in [0.25, 0.3) is 17.4 Å². The molecular formula is C11H14N2O4. The summed E-state index contributed by atoms with van der Waals surface area (Å²) in [5.74, 6) is -1.31. The van der Waals surface area contributed by atoms with Crippen molar-refractivity contribution in [1.29, 1.82) is 0 Å². The molecule has 92 valence electrons. The van der Waals surface area contributed by atoms with Gasteiger partial charge in [-0.1, -0.05) is 0 Å². The molecule has 0 atom stereocenters. The molecule has 0 bridgehead atoms. The molecule has 17 heavy (non-hydrogen) atoms. The summed E-state index contributed by atoms with van der Waals surface area (Å²) >= 11 is 0. The Balaban J connectivity index is 2.94. The zero-order valence-electron chi connectivity index (χ0n) is 9.92. The molecule has 0 aromatic carbocycles. The van der Waals surface area contributed by atoms with Crippen molar-refractivity contribution >= 4 is 11.8 Å². The summed E-state index contributed by atoms with van der Waals surface area (Å²) in [4.78, 5) is 36.8. The van der Waals surface area contributed by atoms with Crippen LogP contribution in [0.25, 0.3) is 0 Å². The van der Waals surface area contributed by atoms with Crippen LogP contribution in [0, 0.1) is 13.8 Å². The number of H-pyrrole nitrogens is 1. The van der Waals surface area contributed by atoms with Crippen molar-refractivity contribution in [2.75, 3.05) is 13.7 Å². The summed E-state index contributed by atoms with van der Waals surface area (Å²) in [5, 5.41) is 2.06. The maximum Gasteiger partial charge on any atom is 0.263 e. The molecule has 0 radical (unpaired) electrons. The van der Waals surface area contributed by atoms with Crippen LogP contribution in [-0.4, -0.2) is 30.5 Å². The van der Waals surface area contributed by atoms with E-state index in [2.05, 4.69) is 15.0 Å². The van der Waals surface area contributed by atoms with Crippen molar-refractivity contribution in [1.82, 2.24) is 10.3 Å². The van der Waals surface area contributed by atoms with Crippen molar-refractivity contribution in [2.24, 2.45) is 0 Å². The molecule has 1 aromatic rings. The Labute approximate surface area is 98.0 Å².